The summed E-state index contributed by atoms with van der Waals surface area (Å²) in [6.07, 6.45) is 0. The standard InChI is InChI=1S/C16H7Cl2NO2/c17-12-6-5-9(7-13(12)18)16-11(8-19)15(20)10-3-1-2-4-14(10)21-16/h1-7H. The van der Waals surface area contributed by atoms with E-state index < -0.39 is 0 Å². The molecule has 0 atom stereocenters. The number of hydrogen-bond acceptors (Lipinski definition) is 3. The van der Waals surface area contributed by atoms with Gasteiger partial charge in [-0.15, -0.1) is 0 Å². The Kier molecular flexibility index (Phi) is 3.42. The van der Waals surface area contributed by atoms with Crippen molar-refractivity contribution in [3.8, 4) is 17.4 Å². The van der Waals surface area contributed by atoms with E-state index in [-0.39, 0.29) is 16.8 Å². The molecular weight excluding hydrogens is 309 g/mol. The Morgan fingerprint density at radius 1 is 1.05 bits per heavy atom. The molecule has 3 aromatic rings. The van der Waals surface area contributed by atoms with Crippen LogP contribution in [0.2, 0.25) is 10.0 Å². The SMILES string of the molecule is N#Cc1c(-c2ccc(Cl)c(Cl)c2)oc2ccccc2c1=O. The van der Waals surface area contributed by atoms with Gasteiger partial charge in [0, 0.05) is 5.56 Å². The van der Waals surface area contributed by atoms with Crippen LogP contribution in [0.4, 0.5) is 0 Å². The van der Waals surface area contributed by atoms with Gasteiger partial charge in [0.05, 0.1) is 15.4 Å². The van der Waals surface area contributed by atoms with E-state index in [4.69, 9.17) is 27.6 Å². The predicted octanol–water partition coefficient (Wildman–Crippen LogP) is 4.64. The van der Waals surface area contributed by atoms with Crippen molar-refractivity contribution in [2.24, 2.45) is 0 Å². The minimum Gasteiger partial charge on any atom is -0.454 e. The molecule has 1 aromatic heterocycles. The van der Waals surface area contributed by atoms with Crippen LogP contribution < -0.4 is 5.43 Å². The molecule has 3 nitrogen and oxygen atoms in total. The van der Waals surface area contributed by atoms with Gasteiger partial charge in [-0.2, -0.15) is 5.26 Å². The Morgan fingerprint density at radius 3 is 2.52 bits per heavy atom. The smallest absolute Gasteiger partial charge is 0.211 e. The Morgan fingerprint density at radius 2 is 1.81 bits per heavy atom. The molecule has 0 saturated heterocycles. The fourth-order valence-electron chi connectivity index (χ4n) is 2.08. The summed E-state index contributed by atoms with van der Waals surface area (Å²) in [5.41, 5.74) is 0.541. The molecule has 0 fully saturated rings. The monoisotopic (exact) mass is 315 g/mol. The van der Waals surface area contributed by atoms with Gasteiger partial charge in [0.15, 0.2) is 5.76 Å². The van der Waals surface area contributed by atoms with Gasteiger partial charge in [-0.25, -0.2) is 0 Å². The van der Waals surface area contributed by atoms with Crippen LogP contribution in [0.1, 0.15) is 5.56 Å². The number of benzene rings is 2. The molecule has 2 aromatic carbocycles. The highest BCUT2D eigenvalue weighted by molar-refractivity contribution is 6.42. The first kappa shape index (κ1) is 13.7. The maximum atomic E-state index is 12.4. The van der Waals surface area contributed by atoms with E-state index in [1.54, 1.807) is 42.5 Å². The van der Waals surface area contributed by atoms with Gasteiger partial charge in [0.1, 0.15) is 17.2 Å². The zero-order valence-corrected chi connectivity index (χ0v) is 12.1. The summed E-state index contributed by atoms with van der Waals surface area (Å²) < 4.78 is 5.72. The lowest BCUT2D eigenvalue weighted by atomic mass is 10.1. The Balaban J connectivity index is 2.39. The maximum absolute atomic E-state index is 12.4. The molecule has 3 rings (SSSR count). The molecule has 0 aliphatic carbocycles. The van der Waals surface area contributed by atoms with Gasteiger partial charge in [0.25, 0.3) is 0 Å². The van der Waals surface area contributed by atoms with Crippen LogP contribution in [0.3, 0.4) is 0 Å². The first-order chi connectivity index (χ1) is 10.1. The van der Waals surface area contributed by atoms with Gasteiger partial charge < -0.3 is 4.42 Å². The van der Waals surface area contributed by atoms with Crippen molar-refractivity contribution >= 4 is 34.2 Å². The molecule has 0 unspecified atom stereocenters. The van der Waals surface area contributed by atoms with Crippen LogP contribution in [-0.2, 0) is 0 Å². The second-order valence-electron chi connectivity index (χ2n) is 4.37. The van der Waals surface area contributed by atoms with E-state index in [2.05, 4.69) is 0 Å². The zero-order chi connectivity index (χ0) is 15.0. The fourth-order valence-corrected chi connectivity index (χ4v) is 2.38. The second kappa shape index (κ2) is 5.25. The van der Waals surface area contributed by atoms with Crippen molar-refractivity contribution in [1.29, 1.82) is 5.26 Å². The number of hydrogen-bond donors (Lipinski definition) is 0. The molecule has 0 saturated carbocycles. The first-order valence-electron chi connectivity index (χ1n) is 6.03. The number of para-hydroxylation sites is 1. The normalized spacial score (nSPS) is 10.5. The van der Waals surface area contributed by atoms with Crippen LogP contribution in [-0.4, -0.2) is 0 Å². The molecule has 0 bridgehead atoms. The number of rotatable bonds is 1. The van der Waals surface area contributed by atoms with Crippen LogP contribution in [0.25, 0.3) is 22.3 Å². The summed E-state index contributed by atoms with van der Waals surface area (Å²) in [5, 5.41) is 10.4. The fraction of sp³-hybridized carbons (Fsp3) is 0. The van der Waals surface area contributed by atoms with Gasteiger partial charge in [-0.1, -0.05) is 35.3 Å². The number of nitrogens with zero attached hydrogens (tertiary/aromatic N) is 1. The van der Waals surface area contributed by atoms with Gasteiger partial charge in [0.2, 0.25) is 5.43 Å². The van der Waals surface area contributed by atoms with Gasteiger partial charge in [-0.05, 0) is 30.3 Å². The van der Waals surface area contributed by atoms with E-state index in [9.17, 15) is 10.1 Å². The van der Waals surface area contributed by atoms with E-state index >= 15 is 0 Å². The summed E-state index contributed by atoms with van der Waals surface area (Å²) in [7, 11) is 0. The van der Waals surface area contributed by atoms with Crippen molar-refractivity contribution in [2.45, 2.75) is 0 Å². The van der Waals surface area contributed by atoms with Crippen LogP contribution in [0.15, 0.2) is 51.7 Å². The molecule has 0 aliphatic heterocycles. The molecule has 5 heteroatoms. The zero-order valence-electron chi connectivity index (χ0n) is 10.6. The summed E-state index contributed by atoms with van der Waals surface area (Å²) in [6.45, 7) is 0. The van der Waals surface area contributed by atoms with E-state index in [1.807, 2.05) is 6.07 Å². The van der Waals surface area contributed by atoms with Gasteiger partial charge >= 0.3 is 0 Å². The predicted molar refractivity (Wildman–Crippen MR) is 82.7 cm³/mol. The first-order valence-corrected chi connectivity index (χ1v) is 6.79. The Hall–Kier alpha value is -2.28. The number of nitriles is 1. The highest BCUT2D eigenvalue weighted by Crippen LogP contribution is 2.31. The van der Waals surface area contributed by atoms with E-state index in [0.29, 0.717) is 26.6 Å². The van der Waals surface area contributed by atoms with Crippen molar-refractivity contribution in [2.75, 3.05) is 0 Å². The molecule has 0 aliphatic rings. The summed E-state index contributed by atoms with van der Waals surface area (Å²) in [4.78, 5) is 12.4. The lowest BCUT2D eigenvalue weighted by Crippen LogP contribution is -2.08. The van der Waals surface area contributed by atoms with Gasteiger partial charge in [-0.3, -0.25) is 4.79 Å². The largest absolute Gasteiger partial charge is 0.454 e. The van der Waals surface area contributed by atoms with Crippen molar-refractivity contribution in [3.05, 3.63) is 68.3 Å². The van der Waals surface area contributed by atoms with Crippen molar-refractivity contribution in [1.82, 2.24) is 0 Å². The summed E-state index contributed by atoms with van der Waals surface area (Å²) in [6, 6.07) is 13.5. The highest BCUT2D eigenvalue weighted by Gasteiger charge is 2.16. The maximum Gasteiger partial charge on any atom is 0.211 e. The van der Waals surface area contributed by atoms with Crippen molar-refractivity contribution < 1.29 is 4.42 Å². The highest BCUT2D eigenvalue weighted by atomic mass is 35.5. The molecular formula is C16H7Cl2NO2. The molecule has 21 heavy (non-hydrogen) atoms. The average molecular weight is 316 g/mol. The quantitative estimate of drug-likeness (QED) is 0.657. The third-order valence-corrected chi connectivity index (χ3v) is 3.83. The summed E-state index contributed by atoms with van der Waals surface area (Å²) >= 11 is 11.9. The molecule has 0 radical (unpaired) electrons. The van der Waals surface area contributed by atoms with Crippen LogP contribution in [0.5, 0.6) is 0 Å². The Labute approximate surface area is 130 Å². The van der Waals surface area contributed by atoms with Crippen LogP contribution >= 0.6 is 23.2 Å². The summed E-state index contributed by atoms with van der Waals surface area (Å²) in [5.74, 6) is 0.194. The topological polar surface area (TPSA) is 54.0 Å². The number of halogens is 2. The minimum atomic E-state index is -0.361. The van der Waals surface area contributed by atoms with Crippen molar-refractivity contribution in [3.63, 3.8) is 0 Å². The second-order valence-corrected chi connectivity index (χ2v) is 5.19. The third-order valence-electron chi connectivity index (χ3n) is 3.09. The average Bonchev–Trinajstić information content (AvgIpc) is 2.50. The molecule has 0 N–H and O–H groups in total. The van der Waals surface area contributed by atoms with Crippen LogP contribution in [0, 0.1) is 11.3 Å². The Bertz CT molecular complexity index is 955. The van der Waals surface area contributed by atoms with E-state index in [0.717, 1.165) is 0 Å². The lowest BCUT2D eigenvalue weighted by Gasteiger charge is -2.06. The molecule has 0 spiro atoms. The number of fused-ring (bicyclic) bond motifs is 1. The lowest BCUT2D eigenvalue weighted by molar-refractivity contribution is 0.617. The third kappa shape index (κ3) is 2.29. The van der Waals surface area contributed by atoms with E-state index in [1.165, 1.54) is 0 Å². The molecule has 1 heterocycles. The minimum absolute atomic E-state index is 0.0490. The molecule has 102 valence electrons. The molecule has 0 amide bonds.